The van der Waals surface area contributed by atoms with Gasteiger partial charge in [0.1, 0.15) is 5.75 Å². The summed E-state index contributed by atoms with van der Waals surface area (Å²) in [4.78, 5) is 37.6. The number of Topliss-reactive ketones (excluding diaryl/α,β-unsaturated/α-hetero) is 1. The maximum atomic E-state index is 12.5. The molecule has 0 aromatic heterocycles. The first-order valence-corrected chi connectivity index (χ1v) is 11.0. The van der Waals surface area contributed by atoms with E-state index in [1.807, 2.05) is 31.2 Å². The normalized spacial score (nSPS) is 12.0. The lowest BCUT2D eigenvalue weighted by Gasteiger charge is -2.17. The molecule has 2 aromatic rings. The summed E-state index contributed by atoms with van der Waals surface area (Å²) in [5, 5.41) is 2.95. The number of esters is 1. The van der Waals surface area contributed by atoms with Crippen LogP contribution < -0.4 is 10.1 Å². The second-order valence-electron chi connectivity index (χ2n) is 8.07. The van der Waals surface area contributed by atoms with Crippen molar-refractivity contribution in [3.63, 3.8) is 0 Å². The number of nitrogens with one attached hydrogen (secondary N) is 1. The molecule has 0 heterocycles. The van der Waals surface area contributed by atoms with E-state index in [2.05, 4.69) is 5.32 Å². The van der Waals surface area contributed by atoms with E-state index in [4.69, 9.17) is 9.47 Å². The average Bonchev–Trinajstić information content (AvgIpc) is 2.75. The van der Waals surface area contributed by atoms with Crippen LogP contribution in [0.15, 0.2) is 53.4 Å². The van der Waals surface area contributed by atoms with Crippen molar-refractivity contribution in [2.45, 2.75) is 38.6 Å². The van der Waals surface area contributed by atoms with Gasteiger partial charge in [0, 0.05) is 15.9 Å². The van der Waals surface area contributed by atoms with E-state index in [0.717, 1.165) is 5.56 Å². The Labute approximate surface area is 187 Å². The number of benzene rings is 2. The molecule has 0 saturated carbocycles. The third-order valence-corrected chi connectivity index (χ3v) is 5.69. The average molecular weight is 444 g/mol. The molecule has 2 aromatic carbocycles. The molecule has 1 unspecified atom stereocenters. The minimum Gasteiger partial charge on any atom is -0.496 e. The molecule has 1 atom stereocenters. The minimum atomic E-state index is -0.580. The topological polar surface area (TPSA) is 81.7 Å². The van der Waals surface area contributed by atoms with Crippen molar-refractivity contribution in [2.75, 3.05) is 19.5 Å². The summed E-state index contributed by atoms with van der Waals surface area (Å²) in [6.45, 7) is 6.93. The molecule has 0 aliphatic carbocycles. The van der Waals surface area contributed by atoms with Gasteiger partial charge >= 0.3 is 5.97 Å². The predicted octanol–water partition coefficient (Wildman–Crippen LogP) is 4.44. The molecule has 0 bridgehead atoms. The Morgan fingerprint density at radius 1 is 1.03 bits per heavy atom. The summed E-state index contributed by atoms with van der Waals surface area (Å²) in [5.74, 6) is -0.0698. The van der Waals surface area contributed by atoms with Crippen LogP contribution in [-0.2, 0) is 14.3 Å². The SMILES string of the molecule is COc1ccccc1C(C)NC(=O)CSc1ccccc1C(=O)OCC(=O)C(C)(C)C. The second kappa shape index (κ2) is 11.0. The van der Waals surface area contributed by atoms with Crippen LogP contribution in [0.3, 0.4) is 0 Å². The molecule has 1 N–H and O–H groups in total. The van der Waals surface area contributed by atoms with E-state index in [0.29, 0.717) is 16.2 Å². The summed E-state index contributed by atoms with van der Waals surface area (Å²) in [6, 6.07) is 14.2. The van der Waals surface area contributed by atoms with Crippen LogP contribution in [0.25, 0.3) is 0 Å². The van der Waals surface area contributed by atoms with Crippen LogP contribution in [0.5, 0.6) is 5.75 Å². The number of para-hydroxylation sites is 1. The molecule has 31 heavy (non-hydrogen) atoms. The highest BCUT2D eigenvalue weighted by molar-refractivity contribution is 8.00. The summed E-state index contributed by atoms with van der Waals surface area (Å²) < 4.78 is 10.5. The summed E-state index contributed by atoms with van der Waals surface area (Å²) in [6.07, 6.45) is 0. The Kier molecular flexibility index (Phi) is 8.68. The monoisotopic (exact) mass is 443 g/mol. The fourth-order valence-corrected chi connectivity index (χ4v) is 3.57. The number of ketones is 1. The van der Waals surface area contributed by atoms with Crippen LogP contribution >= 0.6 is 11.8 Å². The molecule has 166 valence electrons. The maximum Gasteiger partial charge on any atom is 0.339 e. The number of rotatable bonds is 9. The summed E-state index contributed by atoms with van der Waals surface area (Å²) in [5.41, 5.74) is 0.640. The molecule has 0 saturated heterocycles. The second-order valence-corrected chi connectivity index (χ2v) is 9.08. The smallest absolute Gasteiger partial charge is 0.339 e. The van der Waals surface area contributed by atoms with Gasteiger partial charge in [-0.25, -0.2) is 4.79 Å². The highest BCUT2D eigenvalue weighted by atomic mass is 32.2. The van der Waals surface area contributed by atoms with Gasteiger partial charge in [0.25, 0.3) is 0 Å². The first kappa shape index (κ1) is 24.5. The van der Waals surface area contributed by atoms with Crippen molar-refractivity contribution in [2.24, 2.45) is 5.41 Å². The zero-order valence-electron chi connectivity index (χ0n) is 18.6. The number of hydrogen-bond donors (Lipinski definition) is 1. The van der Waals surface area contributed by atoms with Gasteiger partial charge in [0.2, 0.25) is 5.91 Å². The fraction of sp³-hybridized carbons (Fsp3) is 0.375. The Hall–Kier alpha value is -2.80. The molecule has 2 rings (SSSR count). The lowest BCUT2D eigenvalue weighted by Crippen LogP contribution is -2.28. The Morgan fingerprint density at radius 3 is 2.35 bits per heavy atom. The Balaban J connectivity index is 1.97. The number of thioether (sulfide) groups is 1. The molecule has 7 heteroatoms. The molecular weight excluding hydrogens is 414 g/mol. The Morgan fingerprint density at radius 2 is 1.68 bits per heavy atom. The Bertz CT molecular complexity index is 936. The number of amides is 1. The van der Waals surface area contributed by atoms with Crippen LogP contribution in [0.2, 0.25) is 0 Å². The standard InChI is InChI=1S/C24H29NO5S/c1-16(17-10-6-8-12-19(17)29-5)25-22(27)15-31-20-13-9-7-11-18(20)23(28)30-14-21(26)24(2,3)4/h6-13,16H,14-15H2,1-5H3,(H,25,27). The minimum absolute atomic E-state index is 0.130. The van der Waals surface area contributed by atoms with Crippen molar-refractivity contribution in [1.82, 2.24) is 5.32 Å². The van der Waals surface area contributed by atoms with Crippen LogP contribution in [-0.4, -0.2) is 37.1 Å². The number of ether oxygens (including phenoxy) is 2. The zero-order valence-corrected chi connectivity index (χ0v) is 19.4. The van der Waals surface area contributed by atoms with Gasteiger partial charge in [-0.15, -0.1) is 11.8 Å². The van der Waals surface area contributed by atoms with Crippen LogP contribution in [0.1, 0.15) is 49.7 Å². The highest BCUT2D eigenvalue weighted by Gasteiger charge is 2.23. The first-order chi connectivity index (χ1) is 14.6. The quantitative estimate of drug-likeness (QED) is 0.456. The zero-order chi connectivity index (χ0) is 23.0. The predicted molar refractivity (Wildman–Crippen MR) is 121 cm³/mol. The molecule has 0 aliphatic heterocycles. The number of methoxy groups -OCH3 is 1. The van der Waals surface area contributed by atoms with Gasteiger partial charge in [-0.1, -0.05) is 51.1 Å². The molecule has 0 radical (unpaired) electrons. The molecule has 1 amide bonds. The van der Waals surface area contributed by atoms with E-state index < -0.39 is 11.4 Å². The number of carbonyl (C=O) groups is 3. The largest absolute Gasteiger partial charge is 0.496 e. The van der Waals surface area contributed by atoms with E-state index in [1.165, 1.54) is 11.8 Å². The van der Waals surface area contributed by atoms with E-state index in [-0.39, 0.29) is 30.1 Å². The van der Waals surface area contributed by atoms with E-state index in [1.54, 1.807) is 52.1 Å². The third kappa shape index (κ3) is 7.14. The molecule has 0 spiro atoms. The van der Waals surface area contributed by atoms with Gasteiger partial charge in [-0.3, -0.25) is 9.59 Å². The lowest BCUT2D eigenvalue weighted by atomic mass is 9.91. The molecular formula is C24H29NO5S. The number of carbonyl (C=O) groups excluding carboxylic acids is 3. The molecule has 6 nitrogen and oxygen atoms in total. The van der Waals surface area contributed by atoms with Crippen molar-refractivity contribution >= 4 is 29.4 Å². The third-order valence-electron chi connectivity index (χ3n) is 4.62. The first-order valence-electron chi connectivity index (χ1n) is 9.98. The maximum absolute atomic E-state index is 12.5. The van der Waals surface area contributed by atoms with Gasteiger partial charge in [0.05, 0.1) is 24.5 Å². The van der Waals surface area contributed by atoms with Crippen molar-refractivity contribution in [3.8, 4) is 5.75 Å². The van der Waals surface area contributed by atoms with Crippen molar-refractivity contribution in [1.29, 1.82) is 0 Å². The lowest BCUT2D eigenvalue weighted by molar-refractivity contribution is -0.129. The van der Waals surface area contributed by atoms with E-state index >= 15 is 0 Å². The van der Waals surface area contributed by atoms with Crippen LogP contribution in [0.4, 0.5) is 0 Å². The summed E-state index contributed by atoms with van der Waals surface area (Å²) >= 11 is 1.24. The molecule has 0 fully saturated rings. The van der Waals surface area contributed by atoms with Crippen molar-refractivity contribution < 1.29 is 23.9 Å². The van der Waals surface area contributed by atoms with Crippen LogP contribution in [0, 0.1) is 5.41 Å². The number of hydrogen-bond acceptors (Lipinski definition) is 6. The van der Waals surface area contributed by atoms with E-state index in [9.17, 15) is 14.4 Å². The highest BCUT2D eigenvalue weighted by Crippen LogP contribution is 2.26. The van der Waals surface area contributed by atoms with Gasteiger partial charge < -0.3 is 14.8 Å². The van der Waals surface area contributed by atoms with Gasteiger partial charge in [0.15, 0.2) is 12.4 Å². The fourth-order valence-electron chi connectivity index (χ4n) is 2.71. The van der Waals surface area contributed by atoms with Gasteiger partial charge in [-0.05, 0) is 25.1 Å². The summed E-state index contributed by atoms with van der Waals surface area (Å²) in [7, 11) is 1.59. The van der Waals surface area contributed by atoms with Crippen molar-refractivity contribution in [3.05, 3.63) is 59.7 Å². The van der Waals surface area contributed by atoms with Gasteiger partial charge in [-0.2, -0.15) is 0 Å². The molecule has 0 aliphatic rings.